The van der Waals surface area contributed by atoms with Crippen molar-refractivity contribution in [1.82, 2.24) is 0 Å². The Labute approximate surface area is 120 Å². The highest BCUT2D eigenvalue weighted by molar-refractivity contribution is 5.96. The van der Waals surface area contributed by atoms with E-state index >= 15 is 0 Å². The monoisotopic (exact) mass is 276 g/mol. The van der Waals surface area contributed by atoms with Gasteiger partial charge in [-0.05, 0) is 49.3 Å². The van der Waals surface area contributed by atoms with Crippen molar-refractivity contribution in [1.29, 1.82) is 0 Å². The fraction of sp³-hybridized carbons (Fsp3) is 0.562. The minimum Gasteiger partial charge on any atom is -0.465 e. The number of rotatable bonds is 3. The van der Waals surface area contributed by atoms with Crippen LogP contribution < -0.4 is 11.1 Å². The second kappa shape index (κ2) is 5.73. The van der Waals surface area contributed by atoms with Gasteiger partial charge in [-0.15, -0.1) is 0 Å². The van der Waals surface area contributed by atoms with Crippen LogP contribution in [0.25, 0.3) is 0 Å². The lowest BCUT2D eigenvalue weighted by atomic mass is 9.75. The van der Waals surface area contributed by atoms with Gasteiger partial charge in [0.2, 0.25) is 0 Å². The molecule has 2 rings (SSSR count). The number of carbonyl (C=O) groups excluding carboxylic acids is 1. The molecule has 0 atom stereocenters. The molecule has 0 amide bonds. The number of nitrogens with one attached hydrogen (secondary N) is 1. The van der Waals surface area contributed by atoms with E-state index in [1.165, 1.54) is 20.0 Å². The molecular formula is C16H24N2O2. The summed E-state index contributed by atoms with van der Waals surface area (Å²) in [5.41, 5.74) is 8.07. The summed E-state index contributed by atoms with van der Waals surface area (Å²) in [5.74, 6) is -0.393. The van der Waals surface area contributed by atoms with Crippen molar-refractivity contribution < 1.29 is 9.53 Å². The predicted molar refractivity (Wildman–Crippen MR) is 81.9 cm³/mol. The molecule has 0 spiro atoms. The van der Waals surface area contributed by atoms with Gasteiger partial charge in [-0.25, -0.2) is 4.79 Å². The highest BCUT2D eigenvalue weighted by Gasteiger charge is 2.26. The molecule has 4 heteroatoms. The molecule has 0 unspecified atom stereocenters. The number of ether oxygens (including phenoxy) is 1. The Balaban J connectivity index is 2.05. The SMILES string of the molecule is COC(=O)c1cc(NC2CCC(C)(C)CC2)ccc1N. The Hall–Kier alpha value is -1.71. The number of hydrogen-bond donors (Lipinski definition) is 2. The van der Waals surface area contributed by atoms with Crippen molar-refractivity contribution in [2.24, 2.45) is 5.41 Å². The summed E-state index contributed by atoms with van der Waals surface area (Å²) in [5, 5.41) is 3.50. The maximum Gasteiger partial charge on any atom is 0.340 e. The highest BCUT2D eigenvalue weighted by atomic mass is 16.5. The minimum absolute atomic E-state index is 0.393. The number of benzene rings is 1. The standard InChI is InChI=1S/C16H24N2O2/c1-16(2)8-6-11(7-9-16)18-12-4-5-14(17)13(10-12)15(19)20-3/h4-5,10-11,18H,6-9,17H2,1-3H3. The third-order valence-corrected chi connectivity index (χ3v) is 4.17. The lowest BCUT2D eigenvalue weighted by molar-refractivity contribution is 0.0602. The van der Waals surface area contributed by atoms with Crippen LogP contribution in [0, 0.1) is 5.41 Å². The van der Waals surface area contributed by atoms with Gasteiger partial charge in [-0.1, -0.05) is 13.8 Å². The van der Waals surface area contributed by atoms with Gasteiger partial charge in [0.15, 0.2) is 0 Å². The fourth-order valence-corrected chi connectivity index (χ4v) is 2.71. The fourth-order valence-electron chi connectivity index (χ4n) is 2.71. The number of anilines is 2. The van der Waals surface area contributed by atoms with Gasteiger partial charge in [0.1, 0.15) is 0 Å². The minimum atomic E-state index is -0.393. The number of methoxy groups -OCH3 is 1. The summed E-state index contributed by atoms with van der Waals surface area (Å²) >= 11 is 0. The quantitative estimate of drug-likeness (QED) is 0.655. The Bertz CT molecular complexity index is 487. The molecule has 110 valence electrons. The molecule has 1 fully saturated rings. The number of carbonyl (C=O) groups is 1. The maximum absolute atomic E-state index is 11.6. The first-order valence-corrected chi connectivity index (χ1v) is 7.16. The molecule has 1 saturated carbocycles. The molecule has 1 aliphatic carbocycles. The molecule has 3 N–H and O–H groups in total. The topological polar surface area (TPSA) is 64.3 Å². The number of esters is 1. The smallest absolute Gasteiger partial charge is 0.340 e. The first-order valence-electron chi connectivity index (χ1n) is 7.16. The molecule has 1 aromatic carbocycles. The summed E-state index contributed by atoms with van der Waals surface area (Å²) < 4.78 is 4.74. The normalized spacial score (nSPS) is 18.6. The Morgan fingerprint density at radius 2 is 2.00 bits per heavy atom. The van der Waals surface area contributed by atoms with E-state index in [2.05, 4.69) is 19.2 Å². The highest BCUT2D eigenvalue weighted by Crippen LogP contribution is 2.36. The molecule has 0 aliphatic heterocycles. The molecule has 1 aliphatic rings. The van der Waals surface area contributed by atoms with E-state index < -0.39 is 5.97 Å². The van der Waals surface area contributed by atoms with Gasteiger partial charge in [0.25, 0.3) is 0 Å². The zero-order chi connectivity index (χ0) is 14.8. The predicted octanol–water partition coefficient (Wildman–Crippen LogP) is 3.44. The van der Waals surface area contributed by atoms with Gasteiger partial charge in [0, 0.05) is 17.4 Å². The number of nitrogens with two attached hydrogens (primary N) is 1. The first kappa shape index (κ1) is 14.7. The van der Waals surface area contributed by atoms with Crippen LogP contribution in [0.3, 0.4) is 0 Å². The number of nitrogen functional groups attached to an aromatic ring is 1. The largest absolute Gasteiger partial charge is 0.465 e. The number of hydrogen-bond acceptors (Lipinski definition) is 4. The van der Waals surface area contributed by atoms with Crippen LogP contribution in [0.15, 0.2) is 18.2 Å². The van der Waals surface area contributed by atoms with Gasteiger partial charge >= 0.3 is 5.97 Å². The zero-order valence-corrected chi connectivity index (χ0v) is 12.5. The Morgan fingerprint density at radius 3 is 2.60 bits per heavy atom. The molecule has 0 saturated heterocycles. The molecule has 0 bridgehead atoms. The van der Waals surface area contributed by atoms with E-state index in [-0.39, 0.29) is 0 Å². The molecule has 0 radical (unpaired) electrons. The van der Waals surface area contributed by atoms with Crippen LogP contribution >= 0.6 is 0 Å². The van der Waals surface area contributed by atoms with Crippen LogP contribution in [-0.2, 0) is 4.74 Å². The van der Waals surface area contributed by atoms with Gasteiger partial charge in [-0.3, -0.25) is 0 Å². The summed E-state index contributed by atoms with van der Waals surface area (Å²) in [6, 6.07) is 5.92. The van der Waals surface area contributed by atoms with E-state index in [1.54, 1.807) is 12.1 Å². The average Bonchev–Trinajstić information content (AvgIpc) is 2.42. The second-order valence-electron chi connectivity index (χ2n) is 6.38. The third kappa shape index (κ3) is 3.44. The van der Waals surface area contributed by atoms with Gasteiger partial charge in [-0.2, -0.15) is 0 Å². The van der Waals surface area contributed by atoms with Crippen molar-refractivity contribution in [2.45, 2.75) is 45.6 Å². The van der Waals surface area contributed by atoms with Crippen molar-refractivity contribution >= 4 is 17.3 Å². The van der Waals surface area contributed by atoms with E-state index in [1.807, 2.05) is 6.07 Å². The molecular weight excluding hydrogens is 252 g/mol. The molecule has 4 nitrogen and oxygen atoms in total. The molecule has 0 heterocycles. The van der Waals surface area contributed by atoms with Crippen LogP contribution in [0.2, 0.25) is 0 Å². The summed E-state index contributed by atoms with van der Waals surface area (Å²) in [7, 11) is 1.37. The maximum atomic E-state index is 11.6. The lowest BCUT2D eigenvalue weighted by Crippen LogP contribution is -2.29. The summed E-state index contributed by atoms with van der Waals surface area (Å²) in [4.78, 5) is 11.6. The molecule has 0 aromatic heterocycles. The van der Waals surface area contributed by atoms with Gasteiger partial charge in [0.05, 0.1) is 12.7 Å². The van der Waals surface area contributed by atoms with Gasteiger partial charge < -0.3 is 15.8 Å². The third-order valence-electron chi connectivity index (χ3n) is 4.17. The van der Waals surface area contributed by atoms with E-state index in [0.717, 1.165) is 18.5 Å². The zero-order valence-electron chi connectivity index (χ0n) is 12.5. The van der Waals surface area contributed by atoms with Crippen LogP contribution in [-0.4, -0.2) is 19.1 Å². The second-order valence-corrected chi connectivity index (χ2v) is 6.38. The Morgan fingerprint density at radius 1 is 1.35 bits per heavy atom. The molecule has 20 heavy (non-hydrogen) atoms. The van der Waals surface area contributed by atoms with Crippen molar-refractivity contribution in [3.05, 3.63) is 23.8 Å². The molecule has 1 aromatic rings. The van der Waals surface area contributed by atoms with Crippen molar-refractivity contribution in [2.75, 3.05) is 18.2 Å². The van der Waals surface area contributed by atoms with E-state index in [4.69, 9.17) is 10.5 Å². The lowest BCUT2D eigenvalue weighted by Gasteiger charge is -2.35. The van der Waals surface area contributed by atoms with E-state index in [0.29, 0.717) is 22.7 Å². The Kier molecular flexibility index (Phi) is 4.21. The van der Waals surface area contributed by atoms with Crippen molar-refractivity contribution in [3.8, 4) is 0 Å². The summed E-state index contributed by atoms with van der Waals surface area (Å²) in [6.45, 7) is 4.64. The van der Waals surface area contributed by atoms with Crippen LogP contribution in [0.5, 0.6) is 0 Å². The summed E-state index contributed by atoms with van der Waals surface area (Å²) in [6.07, 6.45) is 4.77. The van der Waals surface area contributed by atoms with E-state index in [9.17, 15) is 4.79 Å². The first-order chi connectivity index (χ1) is 9.41. The van der Waals surface area contributed by atoms with Crippen LogP contribution in [0.1, 0.15) is 49.9 Å². The average molecular weight is 276 g/mol. The van der Waals surface area contributed by atoms with Crippen molar-refractivity contribution in [3.63, 3.8) is 0 Å². The van der Waals surface area contributed by atoms with Crippen LogP contribution in [0.4, 0.5) is 11.4 Å².